The highest BCUT2D eigenvalue weighted by Gasteiger charge is 2.31. The fraction of sp³-hybridized carbons (Fsp3) is 0.462. The van der Waals surface area contributed by atoms with Gasteiger partial charge in [-0.05, 0) is 25.5 Å². The number of nitrogens with zero attached hydrogens (tertiary/aromatic N) is 1. The van der Waals surface area contributed by atoms with Gasteiger partial charge < -0.3 is 5.73 Å². The molecule has 1 aliphatic carbocycles. The van der Waals surface area contributed by atoms with Gasteiger partial charge in [-0.2, -0.15) is 0 Å². The molecule has 3 nitrogen and oxygen atoms in total. The van der Waals surface area contributed by atoms with Crippen molar-refractivity contribution < 1.29 is 0 Å². The molecular weight excluding hydrogens is 198 g/mol. The van der Waals surface area contributed by atoms with E-state index in [0.717, 1.165) is 0 Å². The molecule has 1 saturated carbocycles. The predicted molar refractivity (Wildman–Crippen MR) is 66.5 cm³/mol. The summed E-state index contributed by atoms with van der Waals surface area (Å²) in [4.78, 5) is 2.36. The van der Waals surface area contributed by atoms with E-state index in [1.807, 2.05) is 18.2 Å². The standard InChI is InChI=1S/C13H19N3/c1-16(11-7-8-11)12(9-13(14)15)10-5-3-2-4-6-10/h2-6,11-12H,7-9H2,1H3,(H3,14,15). The van der Waals surface area contributed by atoms with Gasteiger partial charge in [0.15, 0.2) is 0 Å². The minimum Gasteiger partial charge on any atom is -0.388 e. The van der Waals surface area contributed by atoms with Gasteiger partial charge in [0.2, 0.25) is 0 Å². The van der Waals surface area contributed by atoms with Crippen LogP contribution in [0.2, 0.25) is 0 Å². The third kappa shape index (κ3) is 2.61. The van der Waals surface area contributed by atoms with Crippen LogP contribution in [0.5, 0.6) is 0 Å². The number of rotatable bonds is 5. The normalized spacial score (nSPS) is 17.4. The Kier molecular flexibility index (Phi) is 3.25. The van der Waals surface area contributed by atoms with Gasteiger partial charge in [0.05, 0.1) is 5.84 Å². The molecular formula is C13H19N3. The molecule has 1 aromatic carbocycles. The quantitative estimate of drug-likeness (QED) is 0.586. The Balaban J connectivity index is 2.16. The lowest BCUT2D eigenvalue weighted by Gasteiger charge is -2.28. The maximum Gasteiger partial charge on any atom is 0.0924 e. The van der Waals surface area contributed by atoms with Gasteiger partial charge in [0.25, 0.3) is 0 Å². The van der Waals surface area contributed by atoms with Crippen molar-refractivity contribution in [1.82, 2.24) is 4.90 Å². The first-order valence-corrected chi connectivity index (χ1v) is 5.78. The Bertz CT molecular complexity index is 357. The topological polar surface area (TPSA) is 53.1 Å². The van der Waals surface area contributed by atoms with Crippen molar-refractivity contribution in [3.63, 3.8) is 0 Å². The molecule has 1 aromatic rings. The van der Waals surface area contributed by atoms with Crippen LogP contribution in [-0.2, 0) is 0 Å². The molecule has 86 valence electrons. The third-order valence-electron chi connectivity index (χ3n) is 3.21. The maximum atomic E-state index is 7.48. The SMILES string of the molecule is CN(C1CC1)C(CC(=N)N)c1ccccc1. The zero-order valence-corrected chi connectivity index (χ0v) is 9.69. The van der Waals surface area contributed by atoms with Crippen molar-refractivity contribution >= 4 is 5.84 Å². The average Bonchev–Trinajstić information content (AvgIpc) is 3.10. The molecule has 0 heterocycles. The number of hydrogen-bond donors (Lipinski definition) is 2. The first-order valence-electron chi connectivity index (χ1n) is 5.78. The largest absolute Gasteiger partial charge is 0.388 e. The summed E-state index contributed by atoms with van der Waals surface area (Å²) in [6.45, 7) is 0. The van der Waals surface area contributed by atoms with E-state index < -0.39 is 0 Å². The van der Waals surface area contributed by atoms with E-state index in [4.69, 9.17) is 11.1 Å². The number of benzene rings is 1. The zero-order valence-electron chi connectivity index (χ0n) is 9.69. The van der Waals surface area contributed by atoms with Crippen molar-refractivity contribution in [2.75, 3.05) is 7.05 Å². The minimum atomic E-state index is 0.256. The van der Waals surface area contributed by atoms with Crippen LogP contribution < -0.4 is 5.73 Å². The zero-order chi connectivity index (χ0) is 11.5. The molecule has 1 fully saturated rings. The van der Waals surface area contributed by atoms with Crippen LogP contribution >= 0.6 is 0 Å². The first kappa shape index (κ1) is 11.1. The van der Waals surface area contributed by atoms with Gasteiger partial charge in [-0.15, -0.1) is 0 Å². The highest BCUT2D eigenvalue weighted by Crippen LogP contribution is 2.34. The lowest BCUT2D eigenvalue weighted by Crippen LogP contribution is -2.30. The molecule has 3 N–H and O–H groups in total. The molecule has 0 saturated heterocycles. The van der Waals surface area contributed by atoms with Crippen LogP contribution in [0.4, 0.5) is 0 Å². The lowest BCUT2D eigenvalue weighted by molar-refractivity contribution is 0.239. The summed E-state index contributed by atoms with van der Waals surface area (Å²) in [5.74, 6) is 0.265. The first-order chi connectivity index (χ1) is 7.68. The summed E-state index contributed by atoms with van der Waals surface area (Å²) >= 11 is 0. The second-order valence-electron chi connectivity index (χ2n) is 4.55. The second kappa shape index (κ2) is 4.66. The predicted octanol–water partition coefficient (Wildman–Crippen LogP) is 2.15. The van der Waals surface area contributed by atoms with Crippen LogP contribution in [0.25, 0.3) is 0 Å². The summed E-state index contributed by atoms with van der Waals surface area (Å²) in [5.41, 5.74) is 6.80. The molecule has 0 aromatic heterocycles. The molecule has 0 spiro atoms. The average molecular weight is 217 g/mol. The van der Waals surface area contributed by atoms with Crippen LogP contribution in [0, 0.1) is 5.41 Å². The third-order valence-corrected chi connectivity index (χ3v) is 3.21. The molecule has 0 bridgehead atoms. The number of nitrogens with two attached hydrogens (primary N) is 1. The van der Waals surface area contributed by atoms with Crippen molar-refractivity contribution in [3.05, 3.63) is 35.9 Å². The van der Waals surface area contributed by atoms with Gasteiger partial charge in [-0.1, -0.05) is 30.3 Å². The van der Waals surface area contributed by atoms with Gasteiger partial charge in [-0.25, -0.2) is 0 Å². The van der Waals surface area contributed by atoms with E-state index in [1.54, 1.807) is 0 Å². The van der Waals surface area contributed by atoms with Crippen molar-refractivity contribution in [2.45, 2.75) is 31.3 Å². The van der Waals surface area contributed by atoms with Crippen LogP contribution in [0.15, 0.2) is 30.3 Å². The van der Waals surface area contributed by atoms with Gasteiger partial charge in [0, 0.05) is 18.5 Å². The smallest absolute Gasteiger partial charge is 0.0924 e. The summed E-state index contributed by atoms with van der Waals surface area (Å²) in [6, 6.07) is 11.3. The van der Waals surface area contributed by atoms with E-state index >= 15 is 0 Å². The molecule has 0 aliphatic heterocycles. The fourth-order valence-electron chi connectivity index (χ4n) is 2.12. The number of nitrogens with one attached hydrogen (secondary N) is 1. The Morgan fingerprint density at radius 1 is 1.44 bits per heavy atom. The Hall–Kier alpha value is -1.35. The molecule has 0 amide bonds. The number of amidine groups is 1. The molecule has 1 aliphatic rings. The fourth-order valence-corrected chi connectivity index (χ4v) is 2.12. The van der Waals surface area contributed by atoms with Crippen LogP contribution in [-0.4, -0.2) is 23.8 Å². The Morgan fingerprint density at radius 3 is 2.56 bits per heavy atom. The lowest BCUT2D eigenvalue weighted by atomic mass is 10.0. The van der Waals surface area contributed by atoms with Gasteiger partial charge >= 0.3 is 0 Å². The summed E-state index contributed by atoms with van der Waals surface area (Å²) in [7, 11) is 2.14. The van der Waals surface area contributed by atoms with Gasteiger partial charge in [-0.3, -0.25) is 10.3 Å². The molecule has 3 heteroatoms. The summed E-state index contributed by atoms with van der Waals surface area (Å²) in [6.07, 6.45) is 3.17. The molecule has 1 unspecified atom stereocenters. The molecule has 16 heavy (non-hydrogen) atoms. The van der Waals surface area contributed by atoms with Crippen molar-refractivity contribution in [2.24, 2.45) is 5.73 Å². The van der Waals surface area contributed by atoms with Crippen LogP contribution in [0.1, 0.15) is 30.9 Å². The molecule has 1 atom stereocenters. The Morgan fingerprint density at radius 2 is 2.06 bits per heavy atom. The van der Waals surface area contributed by atoms with E-state index in [1.165, 1.54) is 18.4 Å². The van der Waals surface area contributed by atoms with Gasteiger partial charge in [0.1, 0.15) is 0 Å². The molecule has 0 radical (unpaired) electrons. The van der Waals surface area contributed by atoms with E-state index in [9.17, 15) is 0 Å². The summed E-state index contributed by atoms with van der Waals surface area (Å²) in [5, 5.41) is 7.48. The Labute approximate surface area is 96.8 Å². The minimum absolute atomic E-state index is 0.256. The van der Waals surface area contributed by atoms with E-state index in [2.05, 4.69) is 24.1 Å². The maximum absolute atomic E-state index is 7.48. The second-order valence-corrected chi connectivity index (χ2v) is 4.55. The highest BCUT2D eigenvalue weighted by molar-refractivity contribution is 5.77. The number of hydrogen-bond acceptors (Lipinski definition) is 2. The monoisotopic (exact) mass is 217 g/mol. The van der Waals surface area contributed by atoms with E-state index in [-0.39, 0.29) is 11.9 Å². The van der Waals surface area contributed by atoms with E-state index in [0.29, 0.717) is 12.5 Å². The van der Waals surface area contributed by atoms with Crippen LogP contribution in [0.3, 0.4) is 0 Å². The molecule has 2 rings (SSSR count). The highest BCUT2D eigenvalue weighted by atomic mass is 15.2. The summed E-state index contributed by atoms with van der Waals surface area (Å²) < 4.78 is 0. The van der Waals surface area contributed by atoms with Crippen molar-refractivity contribution in [3.8, 4) is 0 Å². The van der Waals surface area contributed by atoms with Crippen molar-refractivity contribution in [1.29, 1.82) is 5.41 Å².